The second-order valence-electron chi connectivity index (χ2n) is 5.85. The van der Waals surface area contributed by atoms with Crippen molar-refractivity contribution in [3.05, 3.63) is 65.1 Å². The van der Waals surface area contributed by atoms with Gasteiger partial charge in [0.05, 0.1) is 5.54 Å². The summed E-state index contributed by atoms with van der Waals surface area (Å²) in [6.07, 6.45) is 6.39. The largest absolute Gasteiger partial charge is 0.341 e. The number of rotatable bonds is 3. The summed E-state index contributed by atoms with van der Waals surface area (Å²) < 4.78 is 1.60. The Balaban J connectivity index is 1.62. The van der Waals surface area contributed by atoms with E-state index in [1.54, 1.807) is 29.0 Å². The Kier molecular flexibility index (Phi) is 3.31. The Labute approximate surface area is 138 Å². The van der Waals surface area contributed by atoms with Crippen LogP contribution in [-0.4, -0.2) is 20.5 Å². The summed E-state index contributed by atoms with van der Waals surface area (Å²) in [7, 11) is 0. The van der Waals surface area contributed by atoms with Crippen molar-refractivity contribution in [1.82, 2.24) is 19.9 Å². The summed E-state index contributed by atoms with van der Waals surface area (Å²) in [6.45, 7) is 0. The number of nitrogens with zero attached hydrogens (tertiary/aromatic N) is 3. The Morgan fingerprint density at radius 1 is 1.26 bits per heavy atom. The van der Waals surface area contributed by atoms with E-state index in [0.717, 1.165) is 24.8 Å². The molecule has 5 nitrogen and oxygen atoms in total. The van der Waals surface area contributed by atoms with Gasteiger partial charge in [-0.15, -0.1) is 0 Å². The number of amides is 1. The second kappa shape index (κ2) is 5.35. The molecule has 2 heterocycles. The first-order chi connectivity index (χ1) is 11.2. The number of aromatic nitrogens is 3. The van der Waals surface area contributed by atoms with Gasteiger partial charge in [-0.1, -0.05) is 23.7 Å². The molecule has 0 saturated heterocycles. The van der Waals surface area contributed by atoms with Crippen LogP contribution >= 0.6 is 11.6 Å². The van der Waals surface area contributed by atoms with Gasteiger partial charge in [-0.05, 0) is 43.0 Å². The smallest absolute Gasteiger partial charge is 0.272 e. The van der Waals surface area contributed by atoms with Gasteiger partial charge in [-0.2, -0.15) is 5.10 Å². The average molecular weight is 327 g/mol. The van der Waals surface area contributed by atoms with Crippen molar-refractivity contribution >= 4 is 23.2 Å². The number of fused-ring (bicyclic) bond motifs is 1. The molecule has 1 N–H and O–H groups in total. The molecule has 0 spiro atoms. The van der Waals surface area contributed by atoms with E-state index in [1.807, 2.05) is 24.3 Å². The molecule has 1 aliphatic carbocycles. The van der Waals surface area contributed by atoms with Crippen LogP contribution in [0.5, 0.6) is 0 Å². The Morgan fingerprint density at radius 3 is 2.70 bits per heavy atom. The molecule has 0 radical (unpaired) electrons. The quantitative estimate of drug-likeness (QED) is 0.804. The lowest BCUT2D eigenvalue weighted by atomic mass is 9.71. The fraction of sp³-hybridized carbons (Fsp3) is 0.235. The molecule has 1 aromatic carbocycles. The van der Waals surface area contributed by atoms with E-state index in [0.29, 0.717) is 16.4 Å². The van der Waals surface area contributed by atoms with Gasteiger partial charge in [-0.3, -0.25) is 4.79 Å². The van der Waals surface area contributed by atoms with Crippen LogP contribution in [0, 0.1) is 0 Å². The molecule has 23 heavy (non-hydrogen) atoms. The van der Waals surface area contributed by atoms with Crippen LogP contribution in [0.4, 0.5) is 0 Å². The van der Waals surface area contributed by atoms with E-state index in [-0.39, 0.29) is 11.4 Å². The molecule has 0 unspecified atom stereocenters. The van der Waals surface area contributed by atoms with E-state index in [9.17, 15) is 4.79 Å². The highest BCUT2D eigenvalue weighted by Gasteiger charge is 2.40. The molecular weight excluding hydrogens is 312 g/mol. The van der Waals surface area contributed by atoms with E-state index < -0.39 is 0 Å². The van der Waals surface area contributed by atoms with Crippen LogP contribution in [0.3, 0.4) is 0 Å². The Hall–Kier alpha value is -2.40. The first-order valence-electron chi connectivity index (χ1n) is 7.55. The summed E-state index contributed by atoms with van der Waals surface area (Å²) in [5.74, 6) is -0.176. The molecule has 0 atom stereocenters. The minimum Gasteiger partial charge on any atom is -0.341 e. The molecule has 0 aliphatic heterocycles. The lowest BCUT2D eigenvalue weighted by Gasteiger charge is -2.43. The molecule has 1 aliphatic rings. The van der Waals surface area contributed by atoms with E-state index >= 15 is 0 Å². The topological polar surface area (TPSA) is 59.3 Å². The van der Waals surface area contributed by atoms with Gasteiger partial charge in [0, 0.05) is 23.5 Å². The second-order valence-corrected chi connectivity index (χ2v) is 6.29. The third-order valence-electron chi connectivity index (χ3n) is 4.43. The van der Waals surface area contributed by atoms with Gasteiger partial charge in [-0.25, -0.2) is 9.50 Å². The number of carbonyl (C=O) groups excluding carboxylic acids is 1. The van der Waals surface area contributed by atoms with E-state index in [4.69, 9.17) is 11.6 Å². The van der Waals surface area contributed by atoms with Gasteiger partial charge in [0.15, 0.2) is 11.3 Å². The predicted octanol–water partition coefficient (Wildman–Crippen LogP) is 3.19. The maximum atomic E-state index is 12.6. The van der Waals surface area contributed by atoms with Gasteiger partial charge in [0.2, 0.25) is 0 Å². The zero-order chi connectivity index (χ0) is 15.9. The highest BCUT2D eigenvalue weighted by atomic mass is 35.5. The molecule has 1 amide bonds. The van der Waals surface area contributed by atoms with Crippen LogP contribution in [0.25, 0.3) is 5.65 Å². The van der Waals surface area contributed by atoms with Crippen LogP contribution in [-0.2, 0) is 5.54 Å². The first-order valence-corrected chi connectivity index (χ1v) is 7.93. The van der Waals surface area contributed by atoms with Gasteiger partial charge < -0.3 is 5.32 Å². The lowest BCUT2D eigenvalue weighted by Crippen LogP contribution is -2.50. The number of hydrogen-bond donors (Lipinski definition) is 1. The van der Waals surface area contributed by atoms with Crippen molar-refractivity contribution in [2.75, 3.05) is 0 Å². The summed E-state index contributed by atoms with van der Waals surface area (Å²) >= 11 is 5.96. The minimum absolute atomic E-state index is 0.176. The third-order valence-corrected chi connectivity index (χ3v) is 4.68. The fourth-order valence-corrected chi connectivity index (χ4v) is 3.13. The zero-order valence-electron chi connectivity index (χ0n) is 12.4. The molecule has 1 saturated carbocycles. The van der Waals surface area contributed by atoms with Gasteiger partial charge in [0.1, 0.15) is 0 Å². The monoisotopic (exact) mass is 326 g/mol. The first kappa shape index (κ1) is 14.2. The van der Waals surface area contributed by atoms with Gasteiger partial charge in [0.25, 0.3) is 5.91 Å². The van der Waals surface area contributed by atoms with E-state index in [2.05, 4.69) is 15.4 Å². The van der Waals surface area contributed by atoms with Crippen LogP contribution in [0.1, 0.15) is 35.3 Å². The van der Waals surface area contributed by atoms with Gasteiger partial charge >= 0.3 is 0 Å². The van der Waals surface area contributed by atoms with E-state index in [1.165, 1.54) is 0 Å². The molecule has 2 aromatic heterocycles. The van der Waals surface area contributed by atoms with Crippen molar-refractivity contribution in [2.45, 2.75) is 24.8 Å². The molecule has 0 bridgehead atoms. The molecule has 1 fully saturated rings. The standard InChI is InChI=1S/C17H15ClN4O/c18-13-5-3-12(4-6-13)17(7-1-8-17)20-16(23)14-11-15-19-9-2-10-22(15)21-14/h2-6,9-11H,1,7-8H2,(H,20,23). The molecule has 6 heteroatoms. The normalized spacial score (nSPS) is 16.0. The highest BCUT2D eigenvalue weighted by Crippen LogP contribution is 2.41. The molecule has 116 valence electrons. The van der Waals surface area contributed by atoms with Crippen molar-refractivity contribution < 1.29 is 4.79 Å². The minimum atomic E-state index is -0.315. The van der Waals surface area contributed by atoms with Crippen molar-refractivity contribution in [3.8, 4) is 0 Å². The Bertz CT molecular complexity index is 835. The van der Waals surface area contributed by atoms with Crippen molar-refractivity contribution in [2.24, 2.45) is 0 Å². The lowest BCUT2D eigenvalue weighted by molar-refractivity contribution is 0.0818. The maximum Gasteiger partial charge on any atom is 0.272 e. The summed E-state index contributed by atoms with van der Waals surface area (Å²) in [5, 5.41) is 8.14. The molecular formula is C17H15ClN4O. The van der Waals surface area contributed by atoms with Crippen molar-refractivity contribution in [1.29, 1.82) is 0 Å². The number of benzene rings is 1. The SMILES string of the molecule is O=C(NC1(c2ccc(Cl)cc2)CCC1)c1cc2ncccn2n1. The third kappa shape index (κ3) is 2.47. The van der Waals surface area contributed by atoms with Crippen LogP contribution in [0.2, 0.25) is 5.02 Å². The zero-order valence-corrected chi connectivity index (χ0v) is 13.1. The number of hydrogen-bond acceptors (Lipinski definition) is 3. The number of nitrogens with one attached hydrogen (secondary N) is 1. The van der Waals surface area contributed by atoms with Crippen molar-refractivity contribution in [3.63, 3.8) is 0 Å². The number of halogens is 1. The highest BCUT2D eigenvalue weighted by molar-refractivity contribution is 6.30. The fourth-order valence-electron chi connectivity index (χ4n) is 3.01. The summed E-state index contributed by atoms with van der Waals surface area (Å²) in [5.41, 5.74) is 1.81. The predicted molar refractivity (Wildman–Crippen MR) is 87.4 cm³/mol. The van der Waals surface area contributed by atoms with Crippen LogP contribution in [0.15, 0.2) is 48.8 Å². The molecule has 4 rings (SSSR count). The summed E-state index contributed by atoms with van der Waals surface area (Å²) in [4.78, 5) is 16.8. The number of carbonyl (C=O) groups is 1. The maximum absolute atomic E-state index is 12.6. The summed E-state index contributed by atoms with van der Waals surface area (Å²) in [6, 6.07) is 11.2. The van der Waals surface area contributed by atoms with Crippen LogP contribution < -0.4 is 5.32 Å². The molecule has 3 aromatic rings. The Morgan fingerprint density at radius 2 is 2.04 bits per heavy atom. The average Bonchev–Trinajstić information content (AvgIpc) is 2.96.